The van der Waals surface area contributed by atoms with Crippen molar-refractivity contribution in [3.8, 4) is 17.2 Å². The average Bonchev–Trinajstić information content (AvgIpc) is 2.99. The van der Waals surface area contributed by atoms with Crippen LogP contribution in [0.25, 0.3) is 0 Å². The number of amides is 2. The first-order valence-electron chi connectivity index (χ1n) is 6.10. The van der Waals surface area contributed by atoms with E-state index in [1.807, 2.05) is 0 Å². The molecule has 6 nitrogen and oxygen atoms in total. The van der Waals surface area contributed by atoms with E-state index < -0.39 is 0 Å². The molecule has 1 aromatic carbocycles. The third-order valence-electron chi connectivity index (χ3n) is 3.08. The Bertz CT molecular complexity index is 512. The molecule has 19 heavy (non-hydrogen) atoms. The summed E-state index contributed by atoms with van der Waals surface area (Å²) in [6, 6.07) is 5.26. The zero-order valence-corrected chi connectivity index (χ0v) is 10.3. The van der Waals surface area contributed by atoms with Crippen molar-refractivity contribution < 1.29 is 23.8 Å². The van der Waals surface area contributed by atoms with E-state index in [1.165, 1.54) is 4.90 Å². The van der Waals surface area contributed by atoms with E-state index in [-0.39, 0.29) is 31.8 Å². The first-order chi connectivity index (χ1) is 9.24. The highest BCUT2D eigenvalue weighted by atomic mass is 16.7. The minimum atomic E-state index is -0.126. The van der Waals surface area contributed by atoms with Crippen LogP contribution in [0.1, 0.15) is 12.8 Å². The number of rotatable bonds is 4. The number of hydrogen-bond acceptors (Lipinski definition) is 5. The van der Waals surface area contributed by atoms with Gasteiger partial charge in [0.05, 0.1) is 6.54 Å². The van der Waals surface area contributed by atoms with Gasteiger partial charge in [-0.3, -0.25) is 14.5 Å². The van der Waals surface area contributed by atoms with Crippen LogP contribution in [0, 0.1) is 0 Å². The highest BCUT2D eigenvalue weighted by Crippen LogP contribution is 2.35. The monoisotopic (exact) mass is 263 g/mol. The van der Waals surface area contributed by atoms with Crippen molar-refractivity contribution >= 4 is 11.8 Å². The molecule has 0 aliphatic carbocycles. The van der Waals surface area contributed by atoms with Crippen molar-refractivity contribution in [2.45, 2.75) is 12.8 Å². The quantitative estimate of drug-likeness (QED) is 0.756. The molecule has 0 saturated carbocycles. The van der Waals surface area contributed by atoms with E-state index in [4.69, 9.17) is 14.2 Å². The molecule has 1 aromatic rings. The van der Waals surface area contributed by atoms with Gasteiger partial charge in [0.1, 0.15) is 12.4 Å². The Kier molecular flexibility index (Phi) is 2.98. The lowest BCUT2D eigenvalue weighted by Gasteiger charge is -2.14. The molecule has 2 amide bonds. The number of likely N-dealkylation sites (tertiary alicyclic amines) is 1. The van der Waals surface area contributed by atoms with Crippen molar-refractivity contribution in [2.24, 2.45) is 0 Å². The molecular formula is C13H13NO5. The Morgan fingerprint density at radius 3 is 2.63 bits per heavy atom. The SMILES string of the molecule is O=C1CCC(=O)N1CCOc1ccc2c(c1)OCO2. The van der Waals surface area contributed by atoms with E-state index in [2.05, 4.69) is 0 Å². The van der Waals surface area contributed by atoms with Crippen LogP contribution in [0.3, 0.4) is 0 Å². The van der Waals surface area contributed by atoms with Crippen molar-refractivity contribution in [3.63, 3.8) is 0 Å². The van der Waals surface area contributed by atoms with E-state index in [1.54, 1.807) is 18.2 Å². The summed E-state index contributed by atoms with van der Waals surface area (Å²) in [5, 5.41) is 0. The second-order valence-electron chi connectivity index (χ2n) is 4.30. The number of imide groups is 1. The van der Waals surface area contributed by atoms with E-state index in [9.17, 15) is 9.59 Å². The molecule has 3 rings (SSSR count). The molecule has 0 unspecified atom stereocenters. The van der Waals surface area contributed by atoms with Gasteiger partial charge in [-0.2, -0.15) is 0 Å². The minimum Gasteiger partial charge on any atom is -0.492 e. The Morgan fingerprint density at radius 1 is 1.11 bits per heavy atom. The van der Waals surface area contributed by atoms with Gasteiger partial charge in [-0.05, 0) is 12.1 Å². The maximum atomic E-state index is 11.4. The first-order valence-corrected chi connectivity index (χ1v) is 6.10. The van der Waals surface area contributed by atoms with Crippen LogP contribution in [0.15, 0.2) is 18.2 Å². The summed E-state index contributed by atoms with van der Waals surface area (Å²) in [6.07, 6.45) is 0.617. The van der Waals surface area contributed by atoms with Gasteiger partial charge < -0.3 is 14.2 Å². The molecule has 0 spiro atoms. The first kappa shape index (κ1) is 11.8. The summed E-state index contributed by atoms with van der Waals surface area (Å²) >= 11 is 0. The highest BCUT2D eigenvalue weighted by molar-refractivity contribution is 6.01. The molecule has 0 N–H and O–H groups in total. The topological polar surface area (TPSA) is 65.1 Å². The van der Waals surface area contributed by atoms with Crippen molar-refractivity contribution in [2.75, 3.05) is 19.9 Å². The summed E-state index contributed by atoms with van der Waals surface area (Å²) in [6.45, 7) is 0.777. The van der Waals surface area contributed by atoms with Crippen molar-refractivity contribution in [3.05, 3.63) is 18.2 Å². The van der Waals surface area contributed by atoms with Crippen LogP contribution in [-0.4, -0.2) is 36.7 Å². The number of nitrogens with zero attached hydrogens (tertiary/aromatic N) is 1. The molecule has 0 atom stereocenters. The Labute approximate surface area is 109 Å². The number of ether oxygens (including phenoxy) is 3. The summed E-state index contributed by atoms with van der Waals surface area (Å²) < 4.78 is 15.9. The standard InChI is InChI=1S/C13H13NO5/c15-12-3-4-13(16)14(12)5-6-17-9-1-2-10-11(7-9)19-8-18-10/h1-2,7H,3-6,8H2. The number of benzene rings is 1. The number of carbonyl (C=O) groups is 2. The second kappa shape index (κ2) is 4.79. The maximum absolute atomic E-state index is 11.4. The van der Waals surface area contributed by atoms with Crippen molar-refractivity contribution in [1.82, 2.24) is 4.90 Å². The average molecular weight is 263 g/mol. The van der Waals surface area contributed by atoms with Gasteiger partial charge in [0.2, 0.25) is 18.6 Å². The highest BCUT2D eigenvalue weighted by Gasteiger charge is 2.28. The van der Waals surface area contributed by atoms with Crippen LogP contribution in [-0.2, 0) is 9.59 Å². The van der Waals surface area contributed by atoms with Gasteiger partial charge in [0.25, 0.3) is 0 Å². The molecule has 0 radical (unpaired) electrons. The fraction of sp³-hybridized carbons (Fsp3) is 0.385. The van der Waals surface area contributed by atoms with Gasteiger partial charge in [-0.15, -0.1) is 0 Å². The fourth-order valence-electron chi connectivity index (χ4n) is 2.09. The predicted octanol–water partition coefficient (Wildman–Crippen LogP) is 0.943. The minimum absolute atomic E-state index is 0.126. The maximum Gasteiger partial charge on any atom is 0.231 e. The third kappa shape index (κ3) is 2.33. The predicted molar refractivity (Wildman–Crippen MR) is 64.0 cm³/mol. The molecule has 2 aliphatic heterocycles. The zero-order chi connectivity index (χ0) is 13.2. The zero-order valence-electron chi connectivity index (χ0n) is 10.3. The van der Waals surface area contributed by atoms with E-state index in [0.29, 0.717) is 30.1 Å². The summed E-state index contributed by atoms with van der Waals surface area (Å²) in [7, 11) is 0. The molecule has 6 heteroatoms. The molecule has 1 saturated heterocycles. The largest absolute Gasteiger partial charge is 0.492 e. The Balaban J connectivity index is 1.55. The van der Waals surface area contributed by atoms with Crippen LogP contribution >= 0.6 is 0 Å². The normalized spacial score (nSPS) is 17.2. The molecule has 1 fully saturated rings. The van der Waals surface area contributed by atoms with E-state index in [0.717, 1.165) is 0 Å². The molecule has 100 valence electrons. The number of fused-ring (bicyclic) bond motifs is 1. The smallest absolute Gasteiger partial charge is 0.231 e. The molecule has 2 heterocycles. The van der Waals surface area contributed by atoms with Gasteiger partial charge in [0, 0.05) is 18.9 Å². The Morgan fingerprint density at radius 2 is 1.84 bits per heavy atom. The molecule has 0 bridgehead atoms. The van der Waals surface area contributed by atoms with Crippen LogP contribution in [0.2, 0.25) is 0 Å². The van der Waals surface area contributed by atoms with Crippen LogP contribution in [0.5, 0.6) is 17.2 Å². The lowest BCUT2D eigenvalue weighted by atomic mass is 10.3. The summed E-state index contributed by atoms with van der Waals surface area (Å²) in [5.74, 6) is 1.71. The number of hydrogen-bond donors (Lipinski definition) is 0. The summed E-state index contributed by atoms with van der Waals surface area (Å²) in [5.41, 5.74) is 0. The lowest BCUT2D eigenvalue weighted by molar-refractivity contribution is -0.138. The second-order valence-corrected chi connectivity index (χ2v) is 4.30. The van der Waals surface area contributed by atoms with Gasteiger partial charge in [0.15, 0.2) is 11.5 Å². The third-order valence-corrected chi connectivity index (χ3v) is 3.08. The molecule has 0 aromatic heterocycles. The van der Waals surface area contributed by atoms with Gasteiger partial charge >= 0.3 is 0 Å². The van der Waals surface area contributed by atoms with Crippen LogP contribution in [0.4, 0.5) is 0 Å². The lowest BCUT2D eigenvalue weighted by Crippen LogP contribution is -2.33. The fourth-order valence-corrected chi connectivity index (χ4v) is 2.09. The van der Waals surface area contributed by atoms with E-state index >= 15 is 0 Å². The Hall–Kier alpha value is -2.24. The van der Waals surface area contributed by atoms with Crippen molar-refractivity contribution in [1.29, 1.82) is 0 Å². The van der Waals surface area contributed by atoms with Gasteiger partial charge in [-0.25, -0.2) is 0 Å². The molecular weight excluding hydrogens is 250 g/mol. The molecule has 2 aliphatic rings. The van der Waals surface area contributed by atoms with Gasteiger partial charge in [-0.1, -0.05) is 0 Å². The van der Waals surface area contributed by atoms with Crippen LogP contribution < -0.4 is 14.2 Å². The number of carbonyl (C=O) groups excluding carboxylic acids is 2. The summed E-state index contributed by atoms with van der Waals surface area (Å²) in [4.78, 5) is 24.0.